The first-order chi connectivity index (χ1) is 13.6. The molecule has 3 heterocycles. The first kappa shape index (κ1) is 17.1. The zero-order chi connectivity index (χ0) is 19.3. The van der Waals surface area contributed by atoms with Gasteiger partial charge in [0, 0.05) is 18.8 Å². The van der Waals surface area contributed by atoms with Gasteiger partial charge in [-0.05, 0) is 56.4 Å². The number of hydrogen-bond acceptors (Lipinski definition) is 4. The molecule has 2 aromatic rings. The molecule has 1 saturated carbocycles. The molecular formula is C22H21N3O3. The molecule has 0 atom stereocenters. The van der Waals surface area contributed by atoms with Crippen LogP contribution in [0.1, 0.15) is 52.8 Å². The number of pyridine rings is 1. The molecule has 1 aliphatic carbocycles. The summed E-state index contributed by atoms with van der Waals surface area (Å²) in [4.78, 5) is 46.2. The summed E-state index contributed by atoms with van der Waals surface area (Å²) in [6.07, 6.45) is 5.25. The van der Waals surface area contributed by atoms with E-state index in [0.29, 0.717) is 49.2 Å². The van der Waals surface area contributed by atoms with Crippen LogP contribution in [0.5, 0.6) is 0 Å². The Balaban J connectivity index is 1.32. The number of nitrogens with zero attached hydrogens (tertiary/aromatic N) is 3. The minimum absolute atomic E-state index is 0.130. The Hall–Kier alpha value is -3.02. The fraction of sp³-hybridized carbons (Fsp3) is 0.364. The summed E-state index contributed by atoms with van der Waals surface area (Å²) in [6, 6.07) is 12.5. The van der Waals surface area contributed by atoms with Crippen molar-refractivity contribution in [3.63, 3.8) is 0 Å². The van der Waals surface area contributed by atoms with Crippen molar-refractivity contribution in [2.24, 2.45) is 5.41 Å². The summed E-state index contributed by atoms with van der Waals surface area (Å²) >= 11 is 0. The molecule has 3 amide bonds. The lowest BCUT2D eigenvalue weighted by Crippen LogP contribution is -2.46. The van der Waals surface area contributed by atoms with Crippen LogP contribution in [0.3, 0.4) is 0 Å². The van der Waals surface area contributed by atoms with E-state index in [4.69, 9.17) is 0 Å². The molecule has 6 heteroatoms. The molecule has 1 aromatic carbocycles. The van der Waals surface area contributed by atoms with Gasteiger partial charge in [-0.15, -0.1) is 0 Å². The fourth-order valence-electron chi connectivity index (χ4n) is 4.97. The highest BCUT2D eigenvalue weighted by Crippen LogP contribution is 2.47. The molecule has 3 aliphatic rings. The van der Waals surface area contributed by atoms with Crippen LogP contribution in [-0.2, 0) is 4.79 Å². The van der Waals surface area contributed by atoms with Crippen LogP contribution in [0.4, 0.5) is 5.82 Å². The molecule has 0 bridgehead atoms. The first-order valence-electron chi connectivity index (χ1n) is 9.81. The Morgan fingerprint density at radius 3 is 2.11 bits per heavy atom. The maximum Gasteiger partial charge on any atom is 0.261 e. The van der Waals surface area contributed by atoms with Gasteiger partial charge in [-0.3, -0.25) is 24.2 Å². The van der Waals surface area contributed by atoms with Crippen molar-refractivity contribution in [1.82, 2.24) is 9.88 Å². The van der Waals surface area contributed by atoms with Crippen molar-refractivity contribution in [2.45, 2.75) is 38.1 Å². The van der Waals surface area contributed by atoms with E-state index in [9.17, 15) is 14.4 Å². The average molecular weight is 375 g/mol. The summed E-state index contributed by atoms with van der Waals surface area (Å²) in [6.45, 7) is 0.674. The molecule has 1 spiro atoms. The SMILES string of the molecule is O=C1c2ccccc2C(=O)N1C1CCC2(CC1)CCN(c1ccccn1)C2=O. The van der Waals surface area contributed by atoms with Gasteiger partial charge in [0.15, 0.2) is 0 Å². The second kappa shape index (κ2) is 6.26. The minimum Gasteiger partial charge on any atom is -0.296 e. The van der Waals surface area contributed by atoms with Gasteiger partial charge < -0.3 is 0 Å². The Labute approximate surface area is 163 Å². The van der Waals surface area contributed by atoms with Gasteiger partial charge >= 0.3 is 0 Å². The number of rotatable bonds is 2. The summed E-state index contributed by atoms with van der Waals surface area (Å²) in [5, 5.41) is 0. The summed E-state index contributed by atoms with van der Waals surface area (Å²) in [5.74, 6) is 0.433. The summed E-state index contributed by atoms with van der Waals surface area (Å²) in [7, 11) is 0. The van der Waals surface area contributed by atoms with E-state index in [-0.39, 0.29) is 29.2 Å². The van der Waals surface area contributed by atoms with Crippen molar-refractivity contribution in [3.8, 4) is 0 Å². The molecule has 1 saturated heterocycles. The van der Waals surface area contributed by atoms with E-state index < -0.39 is 0 Å². The topological polar surface area (TPSA) is 70.6 Å². The van der Waals surface area contributed by atoms with E-state index >= 15 is 0 Å². The molecule has 2 aliphatic heterocycles. The lowest BCUT2D eigenvalue weighted by molar-refractivity contribution is -0.127. The lowest BCUT2D eigenvalue weighted by atomic mass is 9.71. The van der Waals surface area contributed by atoms with Crippen LogP contribution < -0.4 is 4.90 Å². The van der Waals surface area contributed by atoms with Crippen molar-refractivity contribution < 1.29 is 14.4 Å². The number of anilines is 1. The molecule has 0 N–H and O–H groups in total. The van der Waals surface area contributed by atoms with Gasteiger partial charge in [0.25, 0.3) is 11.8 Å². The maximum atomic E-state index is 13.2. The zero-order valence-corrected chi connectivity index (χ0v) is 15.5. The van der Waals surface area contributed by atoms with E-state index in [1.165, 1.54) is 4.90 Å². The predicted molar refractivity (Wildman–Crippen MR) is 103 cm³/mol. The monoisotopic (exact) mass is 375 g/mol. The summed E-state index contributed by atoms with van der Waals surface area (Å²) < 4.78 is 0. The van der Waals surface area contributed by atoms with Crippen molar-refractivity contribution in [1.29, 1.82) is 0 Å². The molecule has 28 heavy (non-hydrogen) atoms. The standard InChI is InChI=1S/C22H21N3O3/c26-19-16-5-1-2-6-17(16)20(27)25(19)15-8-10-22(11-9-15)12-14-24(21(22)28)18-7-3-4-13-23-18/h1-7,13,15H,8-12,14H2. The summed E-state index contributed by atoms with van der Waals surface area (Å²) in [5.41, 5.74) is 0.601. The molecule has 5 rings (SSSR count). The quantitative estimate of drug-likeness (QED) is 0.757. The largest absolute Gasteiger partial charge is 0.296 e. The Kier molecular flexibility index (Phi) is 3.82. The lowest BCUT2D eigenvalue weighted by Gasteiger charge is -2.38. The maximum absolute atomic E-state index is 13.2. The van der Waals surface area contributed by atoms with E-state index in [0.717, 1.165) is 6.42 Å². The molecule has 0 unspecified atom stereocenters. The second-order valence-corrected chi connectivity index (χ2v) is 7.93. The third-order valence-corrected chi connectivity index (χ3v) is 6.54. The number of fused-ring (bicyclic) bond motifs is 1. The van der Waals surface area contributed by atoms with Gasteiger partial charge in [-0.1, -0.05) is 18.2 Å². The Morgan fingerprint density at radius 1 is 0.857 bits per heavy atom. The molecule has 0 radical (unpaired) electrons. The average Bonchev–Trinajstić information content (AvgIpc) is 3.19. The number of carbonyl (C=O) groups excluding carboxylic acids is 3. The van der Waals surface area contributed by atoms with Gasteiger partial charge in [-0.25, -0.2) is 4.98 Å². The van der Waals surface area contributed by atoms with Crippen molar-refractivity contribution in [3.05, 3.63) is 59.8 Å². The van der Waals surface area contributed by atoms with Crippen molar-refractivity contribution in [2.75, 3.05) is 11.4 Å². The van der Waals surface area contributed by atoms with Crippen molar-refractivity contribution >= 4 is 23.5 Å². The zero-order valence-electron chi connectivity index (χ0n) is 15.5. The smallest absolute Gasteiger partial charge is 0.261 e. The molecule has 6 nitrogen and oxygen atoms in total. The number of benzene rings is 1. The highest BCUT2D eigenvalue weighted by molar-refractivity contribution is 6.21. The highest BCUT2D eigenvalue weighted by Gasteiger charge is 2.51. The molecule has 2 fully saturated rings. The van der Waals surface area contributed by atoms with E-state index in [2.05, 4.69) is 4.98 Å². The van der Waals surface area contributed by atoms with Crippen LogP contribution in [0.15, 0.2) is 48.7 Å². The molecule has 142 valence electrons. The predicted octanol–water partition coefficient (Wildman–Crippen LogP) is 3.04. The number of carbonyl (C=O) groups is 3. The third kappa shape index (κ3) is 2.40. The number of hydrogen-bond donors (Lipinski definition) is 0. The molecule has 1 aromatic heterocycles. The Morgan fingerprint density at radius 2 is 1.50 bits per heavy atom. The van der Waals surface area contributed by atoms with E-state index in [1.807, 2.05) is 18.2 Å². The van der Waals surface area contributed by atoms with Gasteiger partial charge in [0.05, 0.1) is 16.5 Å². The fourth-order valence-corrected chi connectivity index (χ4v) is 4.97. The van der Waals surface area contributed by atoms with E-state index in [1.54, 1.807) is 35.4 Å². The minimum atomic E-state index is -0.382. The van der Waals surface area contributed by atoms with Crippen LogP contribution in [-0.4, -0.2) is 40.2 Å². The normalized spacial score (nSPS) is 27.0. The van der Waals surface area contributed by atoms with Gasteiger partial charge in [0.2, 0.25) is 5.91 Å². The van der Waals surface area contributed by atoms with Gasteiger partial charge in [-0.2, -0.15) is 0 Å². The number of aromatic nitrogens is 1. The highest BCUT2D eigenvalue weighted by atomic mass is 16.2. The van der Waals surface area contributed by atoms with Crippen LogP contribution in [0.25, 0.3) is 0 Å². The molecular weight excluding hydrogens is 354 g/mol. The van der Waals surface area contributed by atoms with Crippen LogP contribution in [0, 0.1) is 5.41 Å². The third-order valence-electron chi connectivity index (χ3n) is 6.54. The number of amides is 3. The van der Waals surface area contributed by atoms with Gasteiger partial charge in [0.1, 0.15) is 5.82 Å². The Bertz CT molecular complexity index is 929. The first-order valence-corrected chi connectivity index (χ1v) is 9.81. The van der Waals surface area contributed by atoms with Crippen LogP contribution in [0.2, 0.25) is 0 Å². The van der Waals surface area contributed by atoms with Crippen LogP contribution >= 0.6 is 0 Å². The second-order valence-electron chi connectivity index (χ2n) is 7.93. The number of imide groups is 1.